The molecule has 3 aromatic rings. The van der Waals surface area contributed by atoms with Crippen LogP contribution in [-0.2, 0) is 13.1 Å². The van der Waals surface area contributed by atoms with Crippen LogP contribution in [0.15, 0.2) is 70.2 Å². The van der Waals surface area contributed by atoms with Crippen LogP contribution >= 0.6 is 24.0 Å². The molecule has 0 bridgehead atoms. The van der Waals surface area contributed by atoms with Gasteiger partial charge in [0.2, 0.25) is 0 Å². The largest absolute Gasteiger partial charge is 0.357 e. The lowest BCUT2D eigenvalue weighted by atomic mass is 10.1. The third-order valence-corrected chi connectivity index (χ3v) is 3.94. The number of guanidine groups is 1. The molecule has 5 nitrogen and oxygen atoms in total. The zero-order valence-corrected chi connectivity index (χ0v) is 17.9. The van der Waals surface area contributed by atoms with E-state index in [0.29, 0.717) is 13.1 Å². The summed E-state index contributed by atoms with van der Waals surface area (Å²) in [6, 6.07) is 20.3. The highest BCUT2D eigenvalue weighted by Crippen LogP contribution is 2.19. The van der Waals surface area contributed by atoms with E-state index in [1.54, 1.807) is 0 Å². The standard InChI is InChI=1S/C21H24N4O.HI/c1-3-22-21(23-14-17-11-9-16(2)10-12-17)24-15-19-13-20(26-25-19)18-7-5-4-6-8-18;/h4-13H,3,14-15H2,1-2H3,(H2,22,23,24);1H. The fourth-order valence-electron chi connectivity index (χ4n) is 2.51. The van der Waals surface area contributed by atoms with Crippen molar-refractivity contribution in [2.24, 2.45) is 4.99 Å². The highest BCUT2D eigenvalue weighted by molar-refractivity contribution is 14.0. The fraction of sp³-hybridized carbons (Fsp3) is 0.238. The normalized spacial score (nSPS) is 11.0. The van der Waals surface area contributed by atoms with Gasteiger partial charge in [-0.25, -0.2) is 4.99 Å². The Labute approximate surface area is 177 Å². The van der Waals surface area contributed by atoms with Gasteiger partial charge in [-0.15, -0.1) is 24.0 Å². The summed E-state index contributed by atoms with van der Waals surface area (Å²) in [5, 5.41) is 10.7. The Morgan fingerprint density at radius 3 is 2.48 bits per heavy atom. The Hall–Kier alpha value is -2.35. The molecule has 3 rings (SSSR count). The van der Waals surface area contributed by atoms with Gasteiger partial charge >= 0.3 is 0 Å². The zero-order valence-electron chi connectivity index (χ0n) is 15.6. The quantitative estimate of drug-likeness (QED) is 0.312. The molecule has 0 fully saturated rings. The Balaban J connectivity index is 0.00000261. The van der Waals surface area contributed by atoms with Crippen molar-refractivity contribution in [2.45, 2.75) is 26.9 Å². The van der Waals surface area contributed by atoms with Gasteiger partial charge in [0, 0.05) is 18.2 Å². The van der Waals surface area contributed by atoms with E-state index in [1.807, 2.05) is 43.3 Å². The minimum absolute atomic E-state index is 0. The van der Waals surface area contributed by atoms with Crippen molar-refractivity contribution in [3.05, 3.63) is 77.5 Å². The summed E-state index contributed by atoms with van der Waals surface area (Å²) >= 11 is 0. The van der Waals surface area contributed by atoms with E-state index in [2.05, 4.69) is 52.0 Å². The summed E-state index contributed by atoms with van der Waals surface area (Å²) in [6.07, 6.45) is 0. The first-order valence-corrected chi connectivity index (χ1v) is 8.83. The smallest absolute Gasteiger partial charge is 0.191 e. The molecule has 0 spiro atoms. The second-order valence-electron chi connectivity index (χ2n) is 6.08. The maximum atomic E-state index is 5.43. The Morgan fingerprint density at radius 1 is 1.04 bits per heavy atom. The molecule has 0 radical (unpaired) electrons. The molecular weight excluding hydrogens is 451 g/mol. The number of aryl methyl sites for hydroxylation is 1. The maximum Gasteiger partial charge on any atom is 0.191 e. The van der Waals surface area contributed by atoms with Gasteiger partial charge in [-0.3, -0.25) is 0 Å². The fourth-order valence-corrected chi connectivity index (χ4v) is 2.51. The Kier molecular flexibility index (Phi) is 8.32. The van der Waals surface area contributed by atoms with Gasteiger partial charge in [-0.2, -0.15) is 0 Å². The van der Waals surface area contributed by atoms with Crippen LogP contribution in [0.5, 0.6) is 0 Å². The van der Waals surface area contributed by atoms with Gasteiger partial charge in [0.05, 0.1) is 13.1 Å². The van der Waals surface area contributed by atoms with Gasteiger partial charge in [0.1, 0.15) is 5.69 Å². The molecule has 1 aromatic heterocycles. The Morgan fingerprint density at radius 2 is 1.78 bits per heavy atom. The summed E-state index contributed by atoms with van der Waals surface area (Å²) in [7, 11) is 0. The molecule has 0 aliphatic heterocycles. The number of rotatable bonds is 6. The summed E-state index contributed by atoms with van der Waals surface area (Å²) in [4.78, 5) is 4.63. The first kappa shape index (κ1) is 21.0. The lowest BCUT2D eigenvalue weighted by Gasteiger charge is -2.10. The van der Waals surface area contributed by atoms with Crippen molar-refractivity contribution < 1.29 is 4.52 Å². The number of nitrogens with one attached hydrogen (secondary N) is 2. The van der Waals surface area contributed by atoms with Crippen molar-refractivity contribution in [3.8, 4) is 11.3 Å². The second kappa shape index (κ2) is 10.7. The van der Waals surface area contributed by atoms with Crippen molar-refractivity contribution in [1.82, 2.24) is 15.8 Å². The number of aromatic nitrogens is 1. The summed E-state index contributed by atoms with van der Waals surface area (Å²) in [5.41, 5.74) is 4.29. The molecule has 0 saturated carbocycles. The molecule has 6 heteroatoms. The van der Waals surface area contributed by atoms with E-state index in [0.717, 1.165) is 29.5 Å². The number of benzene rings is 2. The predicted octanol–water partition coefficient (Wildman–Crippen LogP) is 4.52. The van der Waals surface area contributed by atoms with Crippen molar-refractivity contribution in [2.75, 3.05) is 6.54 Å². The van der Waals surface area contributed by atoms with E-state index >= 15 is 0 Å². The minimum Gasteiger partial charge on any atom is -0.357 e. The molecular formula is C21H25IN4O. The van der Waals surface area contributed by atoms with Crippen molar-refractivity contribution in [1.29, 1.82) is 0 Å². The topological polar surface area (TPSA) is 62.5 Å². The predicted molar refractivity (Wildman–Crippen MR) is 120 cm³/mol. The van der Waals surface area contributed by atoms with Gasteiger partial charge in [0.25, 0.3) is 0 Å². The highest BCUT2D eigenvalue weighted by Gasteiger charge is 2.07. The maximum absolute atomic E-state index is 5.43. The molecule has 0 atom stereocenters. The molecule has 27 heavy (non-hydrogen) atoms. The summed E-state index contributed by atoms with van der Waals surface area (Å²) in [6.45, 7) is 6.11. The number of hydrogen-bond donors (Lipinski definition) is 2. The number of nitrogens with zero attached hydrogens (tertiary/aromatic N) is 2. The van der Waals surface area contributed by atoms with E-state index in [-0.39, 0.29) is 24.0 Å². The zero-order chi connectivity index (χ0) is 18.2. The van der Waals surface area contributed by atoms with Crippen molar-refractivity contribution in [3.63, 3.8) is 0 Å². The third kappa shape index (κ3) is 6.39. The molecule has 0 amide bonds. The molecule has 0 unspecified atom stereocenters. The van der Waals surface area contributed by atoms with Crippen LogP contribution in [0.25, 0.3) is 11.3 Å². The molecule has 1 heterocycles. The van der Waals surface area contributed by atoms with Crippen LogP contribution < -0.4 is 10.6 Å². The lowest BCUT2D eigenvalue weighted by molar-refractivity contribution is 0.422. The van der Waals surface area contributed by atoms with E-state index in [4.69, 9.17) is 4.52 Å². The number of halogens is 1. The highest BCUT2D eigenvalue weighted by atomic mass is 127. The molecule has 2 aromatic carbocycles. The molecule has 2 N–H and O–H groups in total. The molecule has 0 aliphatic carbocycles. The van der Waals surface area contributed by atoms with Gasteiger partial charge in [-0.1, -0.05) is 65.3 Å². The molecule has 0 aliphatic rings. The van der Waals surface area contributed by atoms with E-state index < -0.39 is 0 Å². The monoisotopic (exact) mass is 476 g/mol. The van der Waals surface area contributed by atoms with Gasteiger partial charge in [-0.05, 0) is 19.4 Å². The summed E-state index contributed by atoms with van der Waals surface area (Å²) in [5.74, 6) is 1.53. The first-order chi connectivity index (χ1) is 12.7. The molecule has 142 valence electrons. The van der Waals surface area contributed by atoms with Crippen molar-refractivity contribution >= 4 is 29.9 Å². The minimum atomic E-state index is 0. The van der Waals surface area contributed by atoms with Crippen LogP contribution in [0.4, 0.5) is 0 Å². The number of aliphatic imine (C=N–C) groups is 1. The average Bonchev–Trinajstić information content (AvgIpc) is 3.15. The van der Waals surface area contributed by atoms with Gasteiger partial charge in [0.15, 0.2) is 11.7 Å². The first-order valence-electron chi connectivity index (χ1n) is 8.83. The SMILES string of the molecule is CCNC(=NCc1ccc(C)cc1)NCc1cc(-c2ccccc2)on1.I. The Bertz CT molecular complexity index is 844. The lowest BCUT2D eigenvalue weighted by Crippen LogP contribution is -2.36. The van der Waals surface area contributed by atoms with Crippen LogP contribution in [-0.4, -0.2) is 17.7 Å². The average molecular weight is 476 g/mol. The van der Waals surface area contributed by atoms with Crippen LogP contribution in [0, 0.1) is 6.92 Å². The molecule has 0 saturated heterocycles. The van der Waals surface area contributed by atoms with Crippen LogP contribution in [0.2, 0.25) is 0 Å². The van der Waals surface area contributed by atoms with E-state index in [9.17, 15) is 0 Å². The number of hydrogen-bond acceptors (Lipinski definition) is 3. The third-order valence-electron chi connectivity index (χ3n) is 3.94. The van der Waals surface area contributed by atoms with Crippen LogP contribution in [0.3, 0.4) is 0 Å². The van der Waals surface area contributed by atoms with Gasteiger partial charge < -0.3 is 15.2 Å². The van der Waals surface area contributed by atoms with Crippen LogP contribution in [0.1, 0.15) is 23.7 Å². The summed E-state index contributed by atoms with van der Waals surface area (Å²) < 4.78 is 5.43. The van der Waals surface area contributed by atoms with E-state index in [1.165, 1.54) is 11.1 Å². The second-order valence-corrected chi connectivity index (χ2v) is 6.08.